The van der Waals surface area contributed by atoms with Crippen LogP contribution in [0.25, 0.3) is 22.2 Å². The highest BCUT2D eigenvalue weighted by atomic mass is 19.1. The highest BCUT2D eigenvalue weighted by molar-refractivity contribution is 6.12. The van der Waals surface area contributed by atoms with Crippen LogP contribution in [0.15, 0.2) is 30.3 Å². The molecule has 0 saturated heterocycles. The van der Waals surface area contributed by atoms with Crippen molar-refractivity contribution in [2.24, 2.45) is 0 Å². The second-order valence-corrected chi connectivity index (χ2v) is 6.55. The average Bonchev–Trinajstić information content (AvgIpc) is 3.07. The Balaban J connectivity index is 2.15. The van der Waals surface area contributed by atoms with Crippen molar-refractivity contribution in [1.82, 2.24) is 4.98 Å². The summed E-state index contributed by atoms with van der Waals surface area (Å²) in [6.45, 7) is 2.81. The Bertz CT molecular complexity index is 1170. The summed E-state index contributed by atoms with van der Waals surface area (Å²) in [4.78, 5) is 28.9. The zero-order valence-corrected chi connectivity index (χ0v) is 16.0. The predicted molar refractivity (Wildman–Crippen MR) is 99.2 cm³/mol. The van der Waals surface area contributed by atoms with Crippen molar-refractivity contribution in [3.8, 4) is 17.0 Å². The van der Waals surface area contributed by atoms with Crippen LogP contribution in [-0.2, 0) is 24.7 Å². The average molecular weight is 419 g/mol. The lowest BCUT2D eigenvalue weighted by atomic mass is 9.85. The van der Waals surface area contributed by atoms with E-state index in [-0.39, 0.29) is 46.7 Å². The van der Waals surface area contributed by atoms with Gasteiger partial charge in [0, 0.05) is 23.1 Å². The second kappa shape index (κ2) is 7.08. The molecule has 3 aromatic rings. The van der Waals surface area contributed by atoms with Crippen LogP contribution < -0.4 is 4.74 Å². The number of ether oxygens (including phenoxy) is 3. The lowest BCUT2D eigenvalue weighted by Crippen LogP contribution is -2.52. The SMILES string of the molecule is CCOC(=O)C1(C(=O)OCC)Oc2cc(F)ccc2-c2[nH]c3c(F)cc(F)cc3c21. The van der Waals surface area contributed by atoms with E-state index in [9.17, 15) is 22.8 Å². The molecule has 4 rings (SSSR count). The highest BCUT2D eigenvalue weighted by Crippen LogP contribution is 2.50. The first-order valence-corrected chi connectivity index (χ1v) is 9.18. The minimum Gasteiger partial charge on any atom is -0.462 e. The number of rotatable bonds is 4. The number of H-pyrrole nitrogens is 1. The van der Waals surface area contributed by atoms with Crippen molar-refractivity contribution < 1.29 is 37.0 Å². The van der Waals surface area contributed by atoms with Crippen LogP contribution in [-0.4, -0.2) is 30.1 Å². The van der Waals surface area contributed by atoms with Gasteiger partial charge >= 0.3 is 17.5 Å². The smallest absolute Gasteiger partial charge is 0.367 e. The molecule has 1 aliphatic rings. The van der Waals surface area contributed by atoms with Crippen LogP contribution >= 0.6 is 0 Å². The van der Waals surface area contributed by atoms with Crippen molar-refractivity contribution in [1.29, 1.82) is 0 Å². The number of hydrogen-bond acceptors (Lipinski definition) is 5. The van der Waals surface area contributed by atoms with Gasteiger partial charge in [0.05, 0.1) is 30.0 Å². The number of carbonyl (C=O) groups excluding carboxylic acids is 2. The van der Waals surface area contributed by atoms with Gasteiger partial charge in [-0.05, 0) is 32.0 Å². The molecule has 0 radical (unpaired) electrons. The molecule has 1 aliphatic heterocycles. The summed E-state index contributed by atoms with van der Waals surface area (Å²) in [5.74, 6) is -5.00. The number of fused-ring (bicyclic) bond motifs is 5. The summed E-state index contributed by atoms with van der Waals surface area (Å²) in [5, 5.41) is -0.0985. The Morgan fingerprint density at radius 2 is 1.67 bits per heavy atom. The fourth-order valence-electron chi connectivity index (χ4n) is 3.63. The van der Waals surface area contributed by atoms with E-state index in [0.717, 1.165) is 18.2 Å². The van der Waals surface area contributed by atoms with Crippen LogP contribution in [0, 0.1) is 17.5 Å². The molecule has 0 unspecified atom stereocenters. The summed E-state index contributed by atoms with van der Waals surface area (Å²) in [5.41, 5.74) is -2.50. The largest absolute Gasteiger partial charge is 0.462 e. The molecule has 0 saturated carbocycles. The maximum atomic E-state index is 14.5. The standard InChI is InChI=1S/C21H16F3NO5/c1-3-28-19(26)21(20(27)29-4-2)16-13-7-11(23)8-14(24)17(13)25-18(16)12-6-5-10(22)9-15(12)30-21/h5-9,25H,3-4H2,1-2H3. The summed E-state index contributed by atoms with van der Waals surface area (Å²) in [6, 6.07) is 5.09. The molecule has 156 valence electrons. The minimum atomic E-state index is -2.54. The van der Waals surface area contributed by atoms with Crippen molar-refractivity contribution in [2.75, 3.05) is 13.2 Å². The summed E-state index contributed by atoms with van der Waals surface area (Å²) in [7, 11) is 0. The van der Waals surface area contributed by atoms with Gasteiger partial charge in [-0.25, -0.2) is 22.8 Å². The monoisotopic (exact) mass is 419 g/mol. The molecule has 0 aliphatic carbocycles. The van der Waals surface area contributed by atoms with Crippen LogP contribution in [0.5, 0.6) is 5.75 Å². The van der Waals surface area contributed by atoms with E-state index in [1.54, 1.807) is 0 Å². The molecule has 30 heavy (non-hydrogen) atoms. The van der Waals surface area contributed by atoms with Gasteiger partial charge in [0.2, 0.25) is 0 Å². The van der Waals surface area contributed by atoms with Crippen molar-refractivity contribution in [3.63, 3.8) is 0 Å². The van der Waals surface area contributed by atoms with Crippen molar-refractivity contribution in [3.05, 3.63) is 53.3 Å². The number of hydrogen-bond donors (Lipinski definition) is 1. The molecule has 0 spiro atoms. The molecule has 2 heterocycles. The Kier molecular flexibility index (Phi) is 4.68. The van der Waals surface area contributed by atoms with Crippen LogP contribution in [0.2, 0.25) is 0 Å². The minimum absolute atomic E-state index is 0.0943. The second-order valence-electron chi connectivity index (χ2n) is 6.55. The maximum absolute atomic E-state index is 14.5. The summed E-state index contributed by atoms with van der Waals surface area (Å²) >= 11 is 0. The van der Waals surface area contributed by atoms with E-state index in [4.69, 9.17) is 14.2 Å². The van der Waals surface area contributed by atoms with Gasteiger partial charge in [0.15, 0.2) is 0 Å². The Morgan fingerprint density at radius 3 is 2.30 bits per heavy atom. The van der Waals surface area contributed by atoms with E-state index < -0.39 is 35.0 Å². The number of aromatic amines is 1. The molecular weight excluding hydrogens is 403 g/mol. The van der Waals surface area contributed by atoms with Gasteiger partial charge in [0.1, 0.15) is 23.2 Å². The fraction of sp³-hybridized carbons (Fsp3) is 0.238. The lowest BCUT2D eigenvalue weighted by molar-refractivity contribution is -0.181. The molecule has 0 atom stereocenters. The molecule has 0 bridgehead atoms. The number of esters is 2. The summed E-state index contributed by atoms with van der Waals surface area (Å²) in [6.07, 6.45) is 0. The topological polar surface area (TPSA) is 77.6 Å². The molecular formula is C21H16F3NO5. The van der Waals surface area contributed by atoms with E-state index in [0.29, 0.717) is 6.07 Å². The zero-order chi connectivity index (χ0) is 21.6. The first kappa shape index (κ1) is 19.8. The van der Waals surface area contributed by atoms with Crippen molar-refractivity contribution >= 4 is 22.8 Å². The molecule has 0 amide bonds. The number of nitrogens with one attached hydrogen (secondary N) is 1. The van der Waals surface area contributed by atoms with Crippen molar-refractivity contribution in [2.45, 2.75) is 19.4 Å². The number of aromatic nitrogens is 1. The Labute approximate surface area is 168 Å². The lowest BCUT2D eigenvalue weighted by Gasteiger charge is -2.34. The fourth-order valence-corrected chi connectivity index (χ4v) is 3.63. The van der Waals surface area contributed by atoms with Gasteiger partial charge in [-0.15, -0.1) is 0 Å². The van der Waals surface area contributed by atoms with Crippen LogP contribution in [0.3, 0.4) is 0 Å². The van der Waals surface area contributed by atoms with Crippen LogP contribution in [0.4, 0.5) is 13.2 Å². The first-order valence-electron chi connectivity index (χ1n) is 9.18. The Morgan fingerprint density at radius 1 is 1.00 bits per heavy atom. The highest BCUT2D eigenvalue weighted by Gasteiger charge is 2.59. The van der Waals surface area contributed by atoms with Crippen LogP contribution in [0.1, 0.15) is 19.4 Å². The molecule has 9 heteroatoms. The van der Waals surface area contributed by atoms with E-state index in [2.05, 4.69) is 4.98 Å². The molecule has 0 fully saturated rings. The third-order valence-electron chi connectivity index (χ3n) is 4.78. The molecule has 1 aromatic heterocycles. The number of halogens is 3. The predicted octanol–water partition coefficient (Wildman–Crippen LogP) is 3.97. The normalized spacial score (nSPS) is 13.9. The maximum Gasteiger partial charge on any atom is 0.367 e. The quantitative estimate of drug-likeness (QED) is 0.512. The van der Waals surface area contributed by atoms with Gasteiger partial charge in [-0.2, -0.15) is 0 Å². The van der Waals surface area contributed by atoms with E-state index in [1.807, 2.05) is 0 Å². The van der Waals surface area contributed by atoms with Gasteiger partial charge in [-0.1, -0.05) is 0 Å². The Hall–Kier alpha value is -3.49. The van der Waals surface area contributed by atoms with E-state index >= 15 is 0 Å². The first-order chi connectivity index (χ1) is 14.3. The van der Waals surface area contributed by atoms with Gasteiger partial charge < -0.3 is 19.2 Å². The third-order valence-corrected chi connectivity index (χ3v) is 4.78. The van der Waals surface area contributed by atoms with Gasteiger partial charge in [0.25, 0.3) is 0 Å². The van der Waals surface area contributed by atoms with E-state index in [1.165, 1.54) is 19.9 Å². The number of benzene rings is 2. The third kappa shape index (κ3) is 2.72. The summed E-state index contributed by atoms with van der Waals surface area (Å²) < 4.78 is 58.4. The van der Waals surface area contributed by atoms with Gasteiger partial charge in [-0.3, -0.25) is 0 Å². The molecule has 6 nitrogen and oxygen atoms in total. The molecule has 1 N–H and O–H groups in total. The number of carbonyl (C=O) groups is 2. The molecule has 2 aromatic carbocycles. The zero-order valence-electron chi connectivity index (χ0n) is 16.0.